The number of hydrogen-bond acceptors (Lipinski definition) is 6. The molecular formula is C20H26ClN5S2. The number of hydrogen-bond donors (Lipinski definition) is 1. The van der Waals surface area contributed by atoms with Crippen molar-refractivity contribution in [3.05, 3.63) is 33.7 Å². The summed E-state index contributed by atoms with van der Waals surface area (Å²) in [5.41, 5.74) is 3.12. The fraction of sp³-hybridized carbons (Fsp3) is 0.500. The molecule has 0 bridgehead atoms. The Bertz CT molecular complexity index is 899. The minimum atomic E-state index is 0.599. The number of thioether (sulfide) groups is 1. The first-order valence-electron chi connectivity index (χ1n) is 9.87. The monoisotopic (exact) mass is 435 g/mol. The van der Waals surface area contributed by atoms with E-state index < -0.39 is 0 Å². The molecule has 0 saturated carbocycles. The van der Waals surface area contributed by atoms with Gasteiger partial charge in [-0.3, -0.25) is 4.90 Å². The predicted octanol–water partition coefficient (Wildman–Crippen LogP) is 5.28. The van der Waals surface area contributed by atoms with E-state index >= 15 is 0 Å². The molecule has 150 valence electrons. The Balaban J connectivity index is 1.45. The van der Waals surface area contributed by atoms with Crippen molar-refractivity contribution >= 4 is 51.4 Å². The molecule has 0 unspecified atom stereocenters. The Kier molecular flexibility index (Phi) is 6.45. The molecule has 2 aromatic heterocycles. The van der Waals surface area contributed by atoms with Gasteiger partial charge in [-0.05, 0) is 25.0 Å². The van der Waals surface area contributed by atoms with Gasteiger partial charge >= 0.3 is 0 Å². The lowest BCUT2D eigenvalue weighted by molar-refractivity contribution is 0.249. The van der Waals surface area contributed by atoms with Crippen LogP contribution in [0.15, 0.2) is 28.9 Å². The molecule has 0 radical (unpaired) electrons. The first kappa shape index (κ1) is 20.0. The van der Waals surface area contributed by atoms with E-state index in [9.17, 15) is 0 Å². The molecular weight excluding hydrogens is 410 g/mol. The normalized spacial score (nSPS) is 15.8. The molecule has 1 N–H and O–H groups in total. The number of benzene rings is 1. The highest BCUT2D eigenvalue weighted by Gasteiger charge is 2.21. The number of aromatic amines is 1. The van der Waals surface area contributed by atoms with Crippen LogP contribution in [-0.4, -0.2) is 51.3 Å². The number of H-pyrrole nitrogens is 1. The summed E-state index contributed by atoms with van der Waals surface area (Å²) in [4.78, 5) is 17.5. The molecule has 5 nitrogen and oxygen atoms in total. The van der Waals surface area contributed by atoms with E-state index in [1.165, 1.54) is 5.01 Å². The quantitative estimate of drug-likeness (QED) is 0.512. The molecule has 4 rings (SSSR count). The zero-order valence-electron chi connectivity index (χ0n) is 16.3. The first-order chi connectivity index (χ1) is 13.7. The van der Waals surface area contributed by atoms with Crippen LogP contribution >= 0.6 is 34.7 Å². The average molecular weight is 436 g/mol. The molecule has 1 saturated heterocycles. The summed E-state index contributed by atoms with van der Waals surface area (Å²) in [6.07, 6.45) is 4.18. The van der Waals surface area contributed by atoms with Crippen LogP contribution in [0.3, 0.4) is 0 Å². The van der Waals surface area contributed by atoms with Gasteiger partial charge in [0.1, 0.15) is 5.01 Å². The third-order valence-corrected chi connectivity index (χ3v) is 7.76. The van der Waals surface area contributed by atoms with E-state index in [1.54, 1.807) is 11.3 Å². The molecule has 0 atom stereocenters. The lowest BCUT2D eigenvalue weighted by Crippen LogP contribution is -2.46. The Morgan fingerprint density at radius 2 is 2.00 bits per heavy atom. The smallest absolute Gasteiger partial charge is 0.166 e. The van der Waals surface area contributed by atoms with Crippen LogP contribution in [0, 0.1) is 0 Å². The summed E-state index contributed by atoms with van der Waals surface area (Å²) in [5.74, 6) is 0. The maximum atomic E-state index is 6.63. The van der Waals surface area contributed by atoms with Crippen molar-refractivity contribution in [2.45, 2.75) is 43.6 Å². The van der Waals surface area contributed by atoms with Gasteiger partial charge in [-0.15, -0.1) is 11.3 Å². The molecule has 0 aliphatic carbocycles. The number of imidazole rings is 1. The second kappa shape index (κ2) is 9.03. The third kappa shape index (κ3) is 4.48. The molecule has 3 aromatic rings. The predicted molar refractivity (Wildman–Crippen MR) is 121 cm³/mol. The zero-order valence-corrected chi connectivity index (χ0v) is 18.7. The second-order valence-corrected chi connectivity index (χ2v) is 9.78. The summed E-state index contributed by atoms with van der Waals surface area (Å²) >= 11 is 10.2. The third-order valence-electron chi connectivity index (χ3n) is 5.27. The molecule has 1 aromatic carbocycles. The van der Waals surface area contributed by atoms with Crippen LogP contribution < -0.4 is 4.90 Å². The van der Waals surface area contributed by atoms with Crippen LogP contribution in [0.25, 0.3) is 11.0 Å². The Hall–Kier alpha value is -1.28. The maximum absolute atomic E-state index is 6.63. The number of aromatic nitrogens is 3. The number of thiazole rings is 1. The Labute approximate surface area is 179 Å². The fourth-order valence-electron chi connectivity index (χ4n) is 3.58. The van der Waals surface area contributed by atoms with Crippen LogP contribution in [-0.2, 0) is 6.54 Å². The number of nitrogens with zero attached hydrogens (tertiary/aromatic N) is 4. The Morgan fingerprint density at radius 3 is 2.68 bits per heavy atom. The van der Waals surface area contributed by atoms with E-state index in [-0.39, 0.29) is 0 Å². The minimum absolute atomic E-state index is 0.599. The SMILES string of the molecule is CCC(CC)Sc1nc2cc(Cl)c(N3CCN(Cc4nccs4)CC3)cc2[nH]1. The topological polar surface area (TPSA) is 48.1 Å². The van der Waals surface area contributed by atoms with E-state index in [0.29, 0.717) is 5.25 Å². The zero-order chi connectivity index (χ0) is 19.5. The molecule has 1 aliphatic rings. The van der Waals surface area contributed by atoms with Crippen LogP contribution in [0.4, 0.5) is 5.69 Å². The summed E-state index contributed by atoms with van der Waals surface area (Å²) < 4.78 is 0. The van der Waals surface area contributed by atoms with Crippen molar-refractivity contribution in [3.8, 4) is 0 Å². The molecule has 1 aliphatic heterocycles. The summed E-state index contributed by atoms with van der Waals surface area (Å²) in [5, 5.41) is 5.60. The van der Waals surface area contributed by atoms with Crippen molar-refractivity contribution in [3.63, 3.8) is 0 Å². The van der Waals surface area contributed by atoms with Gasteiger partial charge in [0.15, 0.2) is 5.16 Å². The molecule has 28 heavy (non-hydrogen) atoms. The first-order valence-corrected chi connectivity index (χ1v) is 12.0. The standard InChI is InChI=1S/C20H26ClN5S2/c1-3-14(4-2)28-20-23-16-11-15(21)18(12-17(16)24-20)26-8-6-25(7-9-26)13-19-22-5-10-27-19/h5,10-12,14H,3-4,6-9,13H2,1-2H3,(H,23,24). The molecule has 0 amide bonds. The highest BCUT2D eigenvalue weighted by molar-refractivity contribution is 7.99. The van der Waals surface area contributed by atoms with E-state index in [0.717, 1.165) is 72.5 Å². The largest absolute Gasteiger partial charge is 0.368 e. The molecule has 8 heteroatoms. The fourth-order valence-corrected chi connectivity index (χ4v) is 5.48. The number of rotatable bonds is 7. The molecule has 3 heterocycles. The number of piperazine rings is 1. The van der Waals surface area contributed by atoms with E-state index in [2.05, 4.69) is 39.7 Å². The number of nitrogens with one attached hydrogen (secondary N) is 1. The maximum Gasteiger partial charge on any atom is 0.166 e. The molecule has 0 spiro atoms. The summed E-state index contributed by atoms with van der Waals surface area (Å²) in [6, 6.07) is 4.17. The van der Waals surface area contributed by atoms with Gasteiger partial charge in [-0.1, -0.05) is 37.2 Å². The summed E-state index contributed by atoms with van der Waals surface area (Å²) in [6.45, 7) is 9.38. The van der Waals surface area contributed by atoms with Gasteiger partial charge in [0.05, 0.1) is 28.3 Å². The second-order valence-electron chi connectivity index (χ2n) is 7.11. The van der Waals surface area contributed by atoms with Gasteiger partial charge in [-0.25, -0.2) is 9.97 Å². The van der Waals surface area contributed by atoms with Crippen molar-refractivity contribution in [1.29, 1.82) is 0 Å². The van der Waals surface area contributed by atoms with Crippen LogP contribution in [0.2, 0.25) is 5.02 Å². The van der Waals surface area contributed by atoms with Crippen molar-refractivity contribution in [2.24, 2.45) is 0 Å². The van der Waals surface area contributed by atoms with Gasteiger partial charge in [-0.2, -0.15) is 0 Å². The van der Waals surface area contributed by atoms with Gasteiger partial charge < -0.3 is 9.88 Å². The highest BCUT2D eigenvalue weighted by Crippen LogP contribution is 2.33. The van der Waals surface area contributed by atoms with Crippen molar-refractivity contribution in [1.82, 2.24) is 19.9 Å². The van der Waals surface area contributed by atoms with Gasteiger partial charge in [0, 0.05) is 43.0 Å². The van der Waals surface area contributed by atoms with Gasteiger partial charge in [0.2, 0.25) is 0 Å². The number of halogens is 1. The minimum Gasteiger partial charge on any atom is -0.368 e. The lowest BCUT2D eigenvalue weighted by Gasteiger charge is -2.36. The van der Waals surface area contributed by atoms with Crippen LogP contribution in [0.5, 0.6) is 0 Å². The van der Waals surface area contributed by atoms with Crippen molar-refractivity contribution < 1.29 is 0 Å². The summed E-state index contributed by atoms with van der Waals surface area (Å²) in [7, 11) is 0. The van der Waals surface area contributed by atoms with E-state index in [4.69, 9.17) is 16.6 Å². The number of anilines is 1. The van der Waals surface area contributed by atoms with Gasteiger partial charge in [0.25, 0.3) is 0 Å². The molecule has 1 fully saturated rings. The highest BCUT2D eigenvalue weighted by atomic mass is 35.5. The van der Waals surface area contributed by atoms with E-state index in [1.807, 2.05) is 29.4 Å². The Morgan fingerprint density at radius 1 is 1.21 bits per heavy atom. The van der Waals surface area contributed by atoms with Crippen molar-refractivity contribution in [2.75, 3.05) is 31.1 Å². The average Bonchev–Trinajstić information content (AvgIpc) is 3.35. The number of fused-ring (bicyclic) bond motifs is 1. The lowest BCUT2D eigenvalue weighted by atomic mass is 10.2. The van der Waals surface area contributed by atoms with Crippen LogP contribution in [0.1, 0.15) is 31.7 Å².